The normalized spacial score (nSPS) is 14.8. The van der Waals surface area contributed by atoms with Gasteiger partial charge < -0.3 is 0 Å². The molecular weight excluding hydrogens is 619 g/mol. The van der Waals surface area contributed by atoms with E-state index in [1.807, 2.05) is 0 Å². The monoisotopic (exact) mass is 653 g/mol. The average Bonchev–Trinajstić information content (AvgIpc) is 3.70. The molecule has 0 saturated heterocycles. The quantitative estimate of drug-likeness (QED) is 0.190. The number of benzene rings is 7. The zero-order valence-electron chi connectivity index (χ0n) is 28.3. The Bertz CT molecular complexity index is 2770. The van der Waals surface area contributed by atoms with Gasteiger partial charge in [0.25, 0.3) is 0 Å². The molecule has 9 aromatic rings. The molecule has 51 heavy (non-hydrogen) atoms. The lowest BCUT2D eigenvalue weighted by atomic mass is 9.66. The fraction of sp³-hybridized carbons (Fsp3) is 0.125. The molecule has 2 aliphatic carbocycles. The maximum atomic E-state index is 5.45. The Hall–Kier alpha value is -6.06. The van der Waals surface area contributed by atoms with Gasteiger partial charge in [-0.05, 0) is 63.4 Å². The largest absolute Gasteiger partial charge is 0.277 e. The van der Waals surface area contributed by atoms with E-state index < -0.39 is 0 Å². The van der Waals surface area contributed by atoms with Crippen LogP contribution in [0.3, 0.4) is 0 Å². The van der Waals surface area contributed by atoms with Crippen molar-refractivity contribution in [2.24, 2.45) is 0 Å². The predicted molar refractivity (Wildman–Crippen MR) is 212 cm³/mol. The molecule has 0 aliphatic heterocycles. The van der Waals surface area contributed by atoms with Crippen LogP contribution in [0.2, 0.25) is 0 Å². The van der Waals surface area contributed by atoms with E-state index in [1.165, 1.54) is 92.2 Å². The third-order valence-electron chi connectivity index (χ3n) is 11.8. The van der Waals surface area contributed by atoms with E-state index in [1.54, 1.807) is 0 Å². The van der Waals surface area contributed by atoms with Gasteiger partial charge in [-0.25, -0.2) is 9.97 Å². The molecular formula is C48H35N3. The summed E-state index contributed by atoms with van der Waals surface area (Å²) in [7, 11) is 0. The Morgan fingerprint density at radius 3 is 1.84 bits per heavy atom. The number of hydrogen-bond donors (Lipinski definition) is 0. The zero-order valence-corrected chi connectivity index (χ0v) is 28.3. The Morgan fingerprint density at radius 2 is 1.12 bits per heavy atom. The van der Waals surface area contributed by atoms with Crippen LogP contribution in [-0.4, -0.2) is 14.5 Å². The van der Waals surface area contributed by atoms with Crippen molar-refractivity contribution in [3.63, 3.8) is 0 Å². The molecule has 2 heterocycles. The van der Waals surface area contributed by atoms with E-state index in [9.17, 15) is 0 Å². The van der Waals surface area contributed by atoms with Crippen LogP contribution in [0.15, 0.2) is 152 Å². The highest BCUT2D eigenvalue weighted by molar-refractivity contribution is 6.30. The fourth-order valence-corrected chi connectivity index (χ4v) is 9.67. The van der Waals surface area contributed by atoms with Crippen molar-refractivity contribution >= 4 is 43.4 Å². The molecule has 1 saturated carbocycles. The minimum absolute atomic E-state index is 0.0372. The minimum atomic E-state index is -0.0372. The number of rotatable bonds is 3. The van der Waals surface area contributed by atoms with E-state index in [0.717, 1.165) is 28.0 Å². The Balaban J connectivity index is 1.37. The molecule has 242 valence electrons. The van der Waals surface area contributed by atoms with Crippen LogP contribution in [0.5, 0.6) is 0 Å². The van der Waals surface area contributed by atoms with Crippen LogP contribution >= 0.6 is 0 Å². The van der Waals surface area contributed by atoms with Gasteiger partial charge in [-0.1, -0.05) is 159 Å². The van der Waals surface area contributed by atoms with Gasteiger partial charge in [0.2, 0.25) is 5.95 Å². The second kappa shape index (κ2) is 11.0. The van der Waals surface area contributed by atoms with Gasteiger partial charge in [-0.15, -0.1) is 0 Å². The van der Waals surface area contributed by atoms with Crippen molar-refractivity contribution in [1.82, 2.24) is 14.5 Å². The zero-order chi connectivity index (χ0) is 33.5. The van der Waals surface area contributed by atoms with Gasteiger partial charge in [0, 0.05) is 32.7 Å². The number of nitrogens with zero attached hydrogens (tertiary/aromatic N) is 3. The maximum absolute atomic E-state index is 5.45. The second-order valence-electron chi connectivity index (χ2n) is 14.4. The Morgan fingerprint density at radius 1 is 0.510 bits per heavy atom. The highest BCUT2D eigenvalue weighted by Gasteiger charge is 2.46. The fourth-order valence-electron chi connectivity index (χ4n) is 9.67. The molecule has 3 nitrogen and oxygen atoms in total. The van der Waals surface area contributed by atoms with Crippen LogP contribution in [0.25, 0.3) is 82.9 Å². The van der Waals surface area contributed by atoms with Crippen LogP contribution in [0.4, 0.5) is 0 Å². The first-order chi connectivity index (χ1) is 25.3. The lowest BCUT2D eigenvalue weighted by Gasteiger charge is -2.36. The second-order valence-corrected chi connectivity index (χ2v) is 14.4. The van der Waals surface area contributed by atoms with Crippen molar-refractivity contribution in [2.45, 2.75) is 37.5 Å². The van der Waals surface area contributed by atoms with Crippen molar-refractivity contribution in [1.29, 1.82) is 0 Å². The summed E-state index contributed by atoms with van der Waals surface area (Å²) in [6.45, 7) is 0. The van der Waals surface area contributed by atoms with Gasteiger partial charge in [-0.3, -0.25) is 4.57 Å². The lowest BCUT2D eigenvalue weighted by Crippen LogP contribution is -2.28. The van der Waals surface area contributed by atoms with Crippen molar-refractivity contribution < 1.29 is 0 Å². The van der Waals surface area contributed by atoms with Gasteiger partial charge in [0.1, 0.15) is 0 Å². The third-order valence-corrected chi connectivity index (χ3v) is 11.8. The van der Waals surface area contributed by atoms with Crippen LogP contribution < -0.4 is 0 Å². The molecule has 2 aliphatic rings. The number of hydrogen-bond acceptors (Lipinski definition) is 2. The summed E-state index contributed by atoms with van der Waals surface area (Å²) in [4.78, 5) is 10.9. The van der Waals surface area contributed by atoms with Gasteiger partial charge in [-0.2, -0.15) is 0 Å². The minimum Gasteiger partial charge on any atom is -0.277 e. The van der Waals surface area contributed by atoms with Crippen molar-refractivity contribution in [3.8, 4) is 39.6 Å². The summed E-state index contributed by atoms with van der Waals surface area (Å²) in [5, 5.41) is 7.75. The number of aromatic nitrogens is 3. The first-order valence-corrected chi connectivity index (χ1v) is 18.3. The predicted octanol–water partition coefficient (Wildman–Crippen LogP) is 12.4. The van der Waals surface area contributed by atoms with Crippen LogP contribution in [0.1, 0.15) is 43.2 Å². The summed E-state index contributed by atoms with van der Waals surface area (Å²) in [6, 6.07) is 55.1. The summed E-state index contributed by atoms with van der Waals surface area (Å²) in [5.74, 6) is 0.698. The molecule has 0 radical (unpaired) electrons. The highest BCUT2D eigenvalue weighted by Crippen LogP contribution is 2.61. The SMILES string of the molecule is c1ccc(-c2cc(-c3ccccc3)nc(-n3c4ccc5ccccc5c4c4c5c(c6ccccc6c43)-c3ccccc3C53CCCCC3)n2)cc1. The first kappa shape index (κ1) is 28.7. The Kier molecular flexibility index (Phi) is 6.18. The standard InChI is InChI=1S/C48H35N3/c1-4-17-32(18-5-1)39-30-40(33-19-6-2-7-20-33)50-47(49-39)51-41-27-26-31-16-8-9-21-34(31)43(41)44-45-42(35-22-10-11-23-36(35)46(44)51)37-24-12-13-25-38(37)48(45)28-14-3-15-29-48/h1-2,4-13,16-27,30H,3,14-15,28-29H2. The van der Waals surface area contributed by atoms with Crippen molar-refractivity contribution in [3.05, 3.63) is 163 Å². The third kappa shape index (κ3) is 4.06. The smallest absolute Gasteiger partial charge is 0.235 e. The van der Waals surface area contributed by atoms with Crippen LogP contribution in [0, 0.1) is 0 Å². The maximum Gasteiger partial charge on any atom is 0.235 e. The van der Waals surface area contributed by atoms with E-state index in [-0.39, 0.29) is 5.41 Å². The highest BCUT2D eigenvalue weighted by atomic mass is 15.2. The summed E-state index contributed by atoms with van der Waals surface area (Å²) >= 11 is 0. The molecule has 0 N–H and O–H groups in total. The van der Waals surface area contributed by atoms with Crippen molar-refractivity contribution in [2.75, 3.05) is 0 Å². The van der Waals surface area contributed by atoms with Crippen LogP contribution in [-0.2, 0) is 5.41 Å². The molecule has 0 amide bonds. The molecule has 2 aromatic heterocycles. The van der Waals surface area contributed by atoms with E-state index in [4.69, 9.17) is 9.97 Å². The molecule has 7 aromatic carbocycles. The lowest BCUT2D eigenvalue weighted by molar-refractivity contribution is 0.355. The first-order valence-electron chi connectivity index (χ1n) is 18.3. The Labute approximate surface area is 296 Å². The summed E-state index contributed by atoms with van der Waals surface area (Å²) < 4.78 is 2.40. The average molecular weight is 654 g/mol. The number of fused-ring (bicyclic) bond motifs is 14. The van der Waals surface area contributed by atoms with Gasteiger partial charge in [0.05, 0.1) is 22.4 Å². The molecule has 0 bridgehead atoms. The molecule has 1 fully saturated rings. The topological polar surface area (TPSA) is 30.7 Å². The molecule has 0 atom stereocenters. The summed E-state index contributed by atoms with van der Waals surface area (Å²) in [5.41, 5.74) is 12.1. The van der Waals surface area contributed by atoms with E-state index >= 15 is 0 Å². The molecule has 11 rings (SSSR count). The molecule has 0 unspecified atom stereocenters. The molecule has 3 heteroatoms. The van der Waals surface area contributed by atoms with Gasteiger partial charge >= 0.3 is 0 Å². The van der Waals surface area contributed by atoms with E-state index in [0.29, 0.717) is 5.95 Å². The summed E-state index contributed by atoms with van der Waals surface area (Å²) in [6.07, 6.45) is 6.11. The molecule has 1 spiro atoms. The van der Waals surface area contributed by atoms with Gasteiger partial charge in [0.15, 0.2) is 0 Å². The van der Waals surface area contributed by atoms with E-state index in [2.05, 4.69) is 156 Å².